The van der Waals surface area contributed by atoms with Crippen molar-refractivity contribution in [1.29, 1.82) is 0 Å². The predicted octanol–water partition coefficient (Wildman–Crippen LogP) is -0.792. The highest BCUT2D eigenvalue weighted by Crippen LogP contribution is 2.05. The van der Waals surface area contributed by atoms with E-state index in [1.165, 1.54) is 7.11 Å². The molecule has 0 saturated carbocycles. The van der Waals surface area contributed by atoms with Crippen LogP contribution in [0.5, 0.6) is 0 Å². The molecule has 1 atom stereocenters. The van der Waals surface area contributed by atoms with Crippen molar-refractivity contribution in [2.75, 3.05) is 13.7 Å². The van der Waals surface area contributed by atoms with E-state index in [0.29, 0.717) is 11.7 Å². The lowest BCUT2D eigenvalue weighted by Crippen LogP contribution is -2.16. The van der Waals surface area contributed by atoms with Crippen LogP contribution in [0.25, 0.3) is 0 Å². The molecule has 1 heterocycles. The fourth-order valence-electron chi connectivity index (χ4n) is 0.682. The van der Waals surface area contributed by atoms with Gasteiger partial charge in [-0.1, -0.05) is 5.16 Å². The normalized spacial score (nSPS) is 13.2. The second kappa shape index (κ2) is 4.15. The highest BCUT2D eigenvalue weighted by molar-refractivity contribution is 4.91. The molecule has 0 spiro atoms. The molecular formula is C6H11N3O3. The van der Waals surface area contributed by atoms with E-state index in [1.54, 1.807) is 0 Å². The molecule has 0 amide bonds. The molecule has 6 nitrogen and oxygen atoms in total. The Morgan fingerprint density at radius 1 is 1.75 bits per heavy atom. The van der Waals surface area contributed by atoms with E-state index in [1.807, 2.05) is 0 Å². The van der Waals surface area contributed by atoms with Crippen LogP contribution in [-0.2, 0) is 11.3 Å². The summed E-state index contributed by atoms with van der Waals surface area (Å²) in [5.41, 5.74) is 5.43. The van der Waals surface area contributed by atoms with E-state index in [0.717, 1.165) is 0 Å². The predicted molar refractivity (Wildman–Crippen MR) is 39.0 cm³/mol. The summed E-state index contributed by atoms with van der Waals surface area (Å²) >= 11 is 0. The molecule has 1 unspecified atom stereocenters. The van der Waals surface area contributed by atoms with Crippen LogP contribution in [0.15, 0.2) is 4.52 Å². The molecule has 1 aromatic heterocycles. The van der Waals surface area contributed by atoms with Gasteiger partial charge in [-0.25, -0.2) is 0 Å². The summed E-state index contributed by atoms with van der Waals surface area (Å²) in [5.74, 6) is 0.654. The summed E-state index contributed by atoms with van der Waals surface area (Å²) in [5, 5.41) is 12.2. The molecule has 0 saturated heterocycles. The van der Waals surface area contributed by atoms with Gasteiger partial charge in [0.2, 0.25) is 0 Å². The smallest absolute Gasteiger partial charge is 0.252 e. The van der Waals surface area contributed by atoms with Crippen LogP contribution in [0.2, 0.25) is 0 Å². The molecule has 6 heteroatoms. The third-order valence-electron chi connectivity index (χ3n) is 1.28. The first-order chi connectivity index (χ1) is 5.77. The molecule has 0 radical (unpaired) electrons. The lowest BCUT2D eigenvalue weighted by molar-refractivity contribution is 0.151. The summed E-state index contributed by atoms with van der Waals surface area (Å²) in [4.78, 5) is 3.88. The quantitative estimate of drug-likeness (QED) is 0.619. The molecule has 1 rings (SSSR count). The maximum absolute atomic E-state index is 8.65. The van der Waals surface area contributed by atoms with Crippen LogP contribution in [0.3, 0.4) is 0 Å². The van der Waals surface area contributed by atoms with Gasteiger partial charge in [-0.2, -0.15) is 4.98 Å². The van der Waals surface area contributed by atoms with Crippen LogP contribution in [0.1, 0.15) is 17.8 Å². The van der Waals surface area contributed by atoms with Gasteiger partial charge in [-0.3, -0.25) is 0 Å². The van der Waals surface area contributed by atoms with Gasteiger partial charge in [0.15, 0.2) is 5.82 Å². The zero-order chi connectivity index (χ0) is 8.97. The molecule has 0 aliphatic heterocycles. The van der Waals surface area contributed by atoms with Gasteiger partial charge in [0.25, 0.3) is 5.89 Å². The van der Waals surface area contributed by atoms with Gasteiger partial charge in [0.1, 0.15) is 6.61 Å². The minimum atomic E-state index is -0.584. The number of aliphatic hydroxyl groups is 1. The largest absolute Gasteiger partial charge is 0.394 e. The van der Waals surface area contributed by atoms with Gasteiger partial charge < -0.3 is 20.1 Å². The zero-order valence-electron chi connectivity index (χ0n) is 6.73. The maximum Gasteiger partial charge on any atom is 0.252 e. The fourth-order valence-corrected chi connectivity index (χ4v) is 0.682. The number of nitrogens with zero attached hydrogens (tertiary/aromatic N) is 2. The van der Waals surface area contributed by atoms with Crippen molar-refractivity contribution >= 4 is 0 Å². The Kier molecular flexibility index (Phi) is 3.15. The zero-order valence-corrected chi connectivity index (χ0v) is 6.73. The number of rotatable bonds is 4. The summed E-state index contributed by atoms with van der Waals surface area (Å²) in [6.07, 6.45) is 0. The molecule has 12 heavy (non-hydrogen) atoms. The molecule has 0 bridgehead atoms. The lowest BCUT2D eigenvalue weighted by atomic mass is 10.3. The molecule has 0 fully saturated rings. The topological polar surface area (TPSA) is 94.4 Å². The minimum Gasteiger partial charge on any atom is -0.394 e. The Morgan fingerprint density at radius 2 is 2.50 bits per heavy atom. The number of methoxy groups -OCH3 is 1. The third kappa shape index (κ3) is 2.00. The third-order valence-corrected chi connectivity index (χ3v) is 1.28. The number of ether oxygens (including phenoxy) is 1. The highest BCUT2D eigenvalue weighted by atomic mass is 16.5. The second-order valence-electron chi connectivity index (χ2n) is 2.27. The van der Waals surface area contributed by atoms with Crippen molar-refractivity contribution in [3.63, 3.8) is 0 Å². The molecule has 3 N–H and O–H groups in total. The van der Waals surface area contributed by atoms with Gasteiger partial charge >= 0.3 is 0 Å². The van der Waals surface area contributed by atoms with E-state index >= 15 is 0 Å². The molecule has 0 aliphatic carbocycles. The SMILES string of the molecule is COCc1nc(C(N)CO)no1. The molecule has 0 aromatic carbocycles. The van der Waals surface area contributed by atoms with Gasteiger partial charge in [-0.05, 0) is 0 Å². The van der Waals surface area contributed by atoms with E-state index < -0.39 is 6.04 Å². The van der Waals surface area contributed by atoms with E-state index in [-0.39, 0.29) is 13.2 Å². The van der Waals surface area contributed by atoms with E-state index in [4.69, 9.17) is 20.1 Å². The average molecular weight is 173 g/mol. The van der Waals surface area contributed by atoms with E-state index in [2.05, 4.69) is 10.1 Å². The van der Waals surface area contributed by atoms with Crippen molar-refractivity contribution in [1.82, 2.24) is 10.1 Å². The molecular weight excluding hydrogens is 162 g/mol. The lowest BCUT2D eigenvalue weighted by Gasteiger charge is -1.98. The molecule has 1 aromatic rings. The number of nitrogens with two attached hydrogens (primary N) is 1. The Bertz CT molecular complexity index is 238. The van der Waals surface area contributed by atoms with Gasteiger partial charge in [0.05, 0.1) is 12.6 Å². The van der Waals surface area contributed by atoms with Crippen molar-refractivity contribution < 1.29 is 14.4 Å². The van der Waals surface area contributed by atoms with Gasteiger partial charge in [0, 0.05) is 7.11 Å². The van der Waals surface area contributed by atoms with Gasteiger partial charge in [-0.15, -0.1) is 0 Å². The summed E-state index contributed by atoms with van der Waals surface area (Å²) < 4.78 is 9.51. The first kappa shape index (κ1) is 9.11. The number of aromatic nitrogens is 2. The Hall–Kier alpha value is -0.980. The Balaban J connectivity index is 2.63. The molecule has 0 aliphatic rings. The standard InChI is InChI=1S/C6H11N3O3/c1-11-3-5-8-6(9-12-5)4(7)2-10/h4,10H,2-3,7H2,1H3. The van der Waals surface area contributed by atoms with Crippen molar-refractivity contribution in [3.8, 4) is 0 Å². The van der Waals surface area contributed by atoms with Crippen LogP contribution in [-0.4, -0.2) is 29.0 Å². The van der Waals surface area contributed by atoms with Crippen LogP contribution < -0.4 is 5.73 Å². The van der Waals surface area contributed by atoms with E-state index in [9.17, 15) is 0 Å². The first-order valence-electron chi connectivity index (χ1n) is 3.45. The van der Waals surface area contributed by atoms with Crippen molar-refractivity contribution in [2.45, 2.75) is 12.6 Å². The molecule has 68 valence electrons. The number of hydrogen-bond acceptors (Lipinski definition) is 6. The maximum atomic E-state index is 8.65. The fraction of sp³-hybridized carbons (Fsp3) is 0.667. The Labute approximate surface area is 69.3 Å². The number of hydrogen-bond donors (Lipinski definition) is 2. The summed E-state index contributed by atoms with van der Waals surface area (Å²) in [6, 6.07) is -0.584. The minimum absolute atomic E-state index is 0.202. The monoisotopic (exact) mass is 173 g/mol. The van der Waals surface area contributed by atoms with Crippen molar-refractivity contribution in [2.24, 2.45) is 5.73 Å². The van der Waals surface area contributed by atoms with Crippen LogP contribution >= 0.6 is 0 Å². The van der Waals surface area contributed by atoms with Crippen molar-refractivity contribution in [3.05, 3.63) is 11.7 Å². The first-order valence-corrected chi connectivity index (χ1v) is 3.45. The number of aliphatic hydroxyl groups excluding tert-OH is 1. The summed E-state index contributed by atoms with van der Waals surface area (Å²) in [7, 11) is 1.52. The van der Waals surface area contributed by atoms with Crippen LogP contribution in [0.4, 0.5) is 0 Å². The Morgan fingerprint density at radius 3 is 3.08 bits per heavy atom. The second-order valence-corrected chi connectivity index (χ2v) is 2.27. The average Bonchev–Trinajstić information content (AvgIpc) is 2.52. The summed E-state index contributed by atoms with van der Waals surface area (Å²) in [6.45, 7) is 0.0527. The highest BCUT2D eigenvalue weighted by Gasteiger charge is 2.12. The van der Waals surface area contributed by atoms with Crippen LogP contribution in [0, 0.1) is 0 Å².